The van der Waals surface area contributed by atoms with Gasteiger partial charge in [0.15, 0.2) is 0 Å². The maximum absolute atomic E-state index is 5.96. The fraction of sp³-hybridized carbons (Fsp3) is 0.778. The van der Waals surface area contributed by atoms with E-state index in [0.717, 1.165) is 29.0 Å². The summed E-state index contributed by atoms with van der Waals surface area (Å²) in [5.41, 5.74) is 0.930. The fourth-order valence-corrected chi connectivity index (χ4v) is 2.09. The number of rotatable bonds is 5. The molecule has 1 heterocycles. The molecule has 0 aliphatic heterocycles. The lowest BCUT2D eigenvalue weighted by Gasteiger charge is -2.18. The first kappa shape index (κ1) is 10.3. The van der Waals surface area contributed by atoms with E-state index in [0.29, 0.717) is 0 Å². The van der Waals surface area contributed by atoms with E-state index < -0.39 is 0 Å². The summed E-state index contributed by atoms with van der Waals surface area (Å²) in [6.07, 6.45) is 2.78. The highest BCUT2D eigenvalue weighted by Crippen LogP contribution is 2.30. The fourth-order valence-electron chi connectivity index (χ4n) is 1.47. The van der Waals surface area contributed by atoms with Gasteiger partial charge in [-0.15, -0.1) is 5.10 Å². The van der Waals surface area contributed by atoms with E-state index >= 15 is 0 Å². The van der Waals surface area contributed by atoms with Crippen molar-refractivity contribution in [2.45, 2.75) is 26.3 Å². The van der Waals surface area contributed by atoms with E-state index in [1.54, 1.807) is 0 Å². The van der Waals surface area contributed by atoms with Gasteiger partial charge in [-0.25, -0.2) is 0 Å². The normalized spacial score (nSPS) is 16.5. The monoisotopic (exact) mass is 231 g/mol. The molecule has 1 aliphatic rings. The van der Waals surface area contributed by atoms with Crippen molar-refractivity contribution in [3.05, 3.63) is 10.0 Å². The van der Waals surface area contributed by atoms with Crippen molar-refractivity contribution in [3.8, 4) is 0 Å². The van der Waals surface area contributed by atoms with Crippen LogP contribution in [0.2, 0.25) is 4.34 Å². The first-order valence-corrected chi connectivity index (χ1v) is 6.13. The van der Waals surface area contributed by atoms with E-state index in [1.807, 2.05) is 0 Å². The SMILES string of the molecule is CCN(Cc1nnsc1Cl)CC1CC1. The third kappa shape index (κ3) is 2.65. The Labute approximate surface area is 93.2 Å². The molecule has 0 saturated heterocycles. The first-order valence-electron chi connectivity index (χ1n) is 4.98. The van der Waals surface area contributed by atoms with Gasteiger partial charge in [-0.05, 0) is 25.3 Å². The Morgan fingerprint density at radius 3 is 2.86 bits per heavy atom. The van der Waals surface area contributed by atoms with Gasteiger partial charge in [0.1, 0.15) is 10.0 Å². The lowest BCUT2D eigenvalue weighted by Crippen LogP contribution is -2.25. The Morgan fingerprint density at radius 2 is 2.36 bits per heavy atom. The first-order chi connectivity index (χ1) is 6.79. The summed E-state index contributed by atoms with van der Waals surface area (Å²) >= 11 is 7.23. The zero-order chi connectivity index (χ0) is 9.97. The summed E-state index contributed by atoms with van der Waals surface area (Å²) in [5, 5.41) is 4.03. The van der Waals surface area contributed by atoms with Crippen LogP contribution in [0.5, 0.6) is 0 Å². The van der Waals surface area contributed by atoms with Crippen molar-refractivity contribution in [1.29, 1.82) is 0 Å². The summed E-state index contributed by atoms with van der Waals surface area (Å²) in [6.45, 7) is 5.27. The molecule has 1 aromatic rings. The zero-order valence-corrected chi connectivity index (χ0v) is 9.81. The Kier molecular flexibility index (Phi) is 3.36. The van der Waals surface area contributed by atoms with Gasteiger partial charge in [0.25, 0.3) is 0 Å². The summed E-state index contributed by atoms with van der Waals surface area (Å²) in [5.74, 6) is 0.917. The van der Waals surface area contributed by atoms with E-state index in [-0.39, 0.29) is 0 Å². The second-order valence-corrected chi connectivity index (χ2v) is 5.12. The van der Waals surface area contributed by atoms with Gasteiger partial charge < -0.3 is 0 Å². The van der Waals surface area contributed by atoms with Crippen molar-refractivity contribution in [2.24, 2.45) is 5.92 Å². The minimum absolute atomic E-state index is 0.735. The van der Waals surface area contributed by atoms with Crippen LogP contribution in [0.4, 0.5) is 0 Å². The van der Waals surface area contributed by atoms with Crippen LogP contribution in [-0.2, 0) is 6.54 Å². The van der Waals surface area contributed by atoms with E-state index in [9.17, 15) is 0 Å². The van der Waals surface area contributed by atoms with Gasteiger partial charge in [0, 0.05) is 24.6 Å². The standard InChI is InChI=1S/C9H14ClN3S/c1-2-13(5-7-3-4-7)6-8-9(10)14-12-11-8/h7H,2-6H2,1H3. The molecule has 0 amide bonds. The Hall–Kier alpha value is -0.190. The summed E-state index contributed by atoms with van der Waals surface area (Å²) < 4.78 is 4.57. The third-order valence-corrected chi connectivity index (χ3v) is 3.53. The van der Waals surface area contributed by atoms with Crippen LogP contribution in [0.3, 0.4) is 0 Å². The zero-order valence-electron chi connectivity index (χ0n) is 8.24. The van der Waals surface area contributed by atoms with Gasteiger partial charge in [-0.3, -0.25) is 4.90 Å². The molecule has 1 aliphatic carbocycles. The predicted molar refractivity (Wildman–Crippen MR) is 58.6 cm³/mol. The Bertz CT molecular complexity index is 298. The van der Waals surface area contributed by atoms with Gasteiger partial charge in [0.05, 0.1) is 0 Å². The molecule has 0 spiro atoms. The molecule has 2 rings (SSSR count). The van der Waals surface area contributed by atoms with E-state index in [4.69, 9.17) is 11.6 Å². The van der Waals surface area contributed by atoms with Crippen molar-refractivity contribution < 1.29 is 0 Å². The van der Waals surface area contributed by atoms with E-state index in [2.05, 4.69) is 21.4 Å². The lowest BCUT2D eigenvalue weighted by atomic mass is 10.3. The molecule has 1 fully saturated rings. The largest absolute Gasteiger partial charge is 0.297 e. The summed E-state index contributed by atoms with van der Waals surface area (Å²) in [7, 11) is 0. The molecule has 14 heavy (non-hydrogen) atoms. The van der Waals surface area contributed by atoms with E-state index in [1.165, 1.54) is 30.9 Å². The van der Waals surface area contributed by atoms with Crippen LogP contribution in [0.25, 0.3) is 0 Å². The van der Waals surface area contributed by atoms with Gasteiger partial charge in [0.2, 0.25) is 0 Å². The molecule has 78 valence electrons. The number of hydrogen-bond donors (Lipinski definition) is 0. The maximum atomic E-state index is 5.96. The topological polar surface area (TPSA) is 29.0 Å². The van der Waals surface area contributed by atoms with Crippen molar-refractivity contribution in [3.63, 3.8) is 0 Å². The average Bonchev–Trinajstić information content (AvgIpc) is 2.90. The molecule has 3 nitrogen and oxygen atoms in total. The molecule has 0 unspecified atom stereocenters. The van der Waals surface area contributed by atoms with Crippen LogP contribution < -0.4 is 0 Å². The molecular formula is C9H14ClN3S. The molecular weight excluding hydrogens is 218 g/mol. The highest BCUT2D eigenvalue weighted by molar-refractivity contribution is 7.10. The molecule has 0 N–H and O–H groups in total. The second-order valence-electron chi connectivity index (χ2n) is 3.76. The molecule has 1 aromatic heterocycles. The predicted octanol–water partition coefficient (Wildman–Crippen LogP) is 2.42. The smallest absolute Gasteiger partial charge is 0.138 e. The summed E-state index contributed by atoms with van der Waals surface area (Å²) in [6, 6.07) is 0. The third-order valence-electron chi connectivity index (χ3n) is 2.54. The van der Waals surface area contributed by atoms with Crippen molar-refractivity contribution in [1.82, 2.24) is 14.5 Å². The number of aromatic nitrogens is 2. The van der Waals surface area contributed by atoms with Gasteiger partial charge in [-0.2, -0.15) is 0 Å². The van der Waals surface area contributed by atoms with Crippen LogP contribution in [0.1, 0.15) is 25.5 Å². The number of halogens is 1. The van der Waals surface area contributed by atoms with Crippen LogP contribution in [0.15, 0.2) is 0 Å². The second kappa shape index (κ2) is 4.55. The molecule has 0 atom stereocenters. The lowest BCUT2D eigenvalue weighted by molar-refractivity contribution is 0.265. The summed E-state index contributed by atoms with van der Waals surface area (Å²) in [4.78, 5) is 2.39. The van der Waals surface area contributed by atoms with Crippen molar-refractivity contribution in [2.75, 3.05) is 13.1 Å². The van der Waals surface area contributed by atoms with Gasteiger partial charge >= 0.3 is 0 Å². The minimum Gasteiger partial charge on any atom is -0.297 e. The molecule has 0 radical (unpaired) electrons. The maximum Gasteiger partial charge on any atom is 0.138 e. The molecule has 0 aromatic carbocycles. The molecule has 0 bridgehead atoms. The Balaban J connectivity index is 1.89. The number of hydrogen-bond acceptors (Lipinski definition) is 4. The van der Waals surface area contributed by atoms with Gasteiger partial charge in [-0.1, -0.05) is 23.0 Å². The molecule has 5 heteroatoms. The quantitative estimate of drug-likeness (QED) is 0.780. The highest BCUT2D eigenvalue weighted by atomic mass is 35.5. The van der Waals surface area contributed by atoms with Crippen LogP contribution >= 0.6 is 23.1 Å². The van der Waals surface area contributed by atoms with Crippen LogP contribution in [0, 0.1) is 5.92 Å². The van der Waals surface area contributed by atoms with Crippen LogP contribution in [-0.4, -0.2) is 27.6 Å². The highest BCUT2D eigenvalue weighted by Gasteiger charge is 2.24. The average molecular weight is 232 g/mol. The minimum atomic E-state index is 0.735. The molecule has 1 saturated carbocycles. The Morgan fingerprint density at radius 1 is 1.57 bits per heavy atom. The van der Waals surface area contributed by atoms with Crippen molar-refractivity contribution >= 4 is 23.1 Å². The number of nitrogens with zero attached hydrogens (tertiary/aromatic N) is 3.